The predicted molar refractivity (Wildman–Crippen MR) is 62.5 cm³/mol. The van der Waals surface area contributed by atoms with Crippen LogP contribution in [0.1, 0.15) is 49.9 Å². The maximum atomic E-state index is 5.23. The van der Waals surface area contributed by atoms with Crippen molar-refractivity contribution in [1.29, 1.82) is 0 Å². The molecule has 2 aliphatic rings. The van der Waals surface area contributed by atoms with Crippen LogP contribution in [0, 0.1) is 12.8 Å². The summed E-state index contributed by atoms with van der Waals surface area (Å²) in [6.45, 7) is 1.87. The molecule has 0 amide bonds. The molecule has 1 saturated heterocycles. The second-order valence-corrected chi connectivity index (χ2v) is 4.79. The van der Waals surface area contributed by atoms with E-state index in [0.29, 0.717) is 12.1 Å². The van der Waals surface area contributed by atoms with Gasteiger partial charge in [-0.2, -0.15) is 4.98 Å². The molecule has 1 aromatic heterocycles. The van der Waals surface area contributed by atoms with Gasteiger partial charge in [0.2, 0.25) is 5.89 Å². The molecule has 16 heavy (non-hydrogen) atoms. The van der Waals surface area contributed by atoms with E-state index in [1.54, 1.807) is 0 Å². The molecule has 1 aliphatic heterocycles. The average molecular weight is 244 g/mol. The van der Waals surface area contributed by atoms with Crippen molar-refractivity contribution in [3.63, 3.8) is 0 Å². The zero-order valence-electron chi connectivity index (χ0n) is 9.48. The summed E-state index contributed by atoms with van der Waals surface area (Å²) in [7, 11) is 0. The lowest BCUT2D eigenvalue weighted by atomic mass is 9.85. The van der Waals surface area contributed by atoms with Crippen molar-refractivity contribution >= 4 is 12.4 Å². The van der Waals surface area contributed by atoms with Crippen LogP contribution in [0.25, 0.3) is 0 Å². The highest BCUT2D eigenvalue weighted by Gasteiger charge is 2.37. The summed E-state index contributed by atoms with van der Waals surface area (Å²) in [5.41, 5.74) is 0. The Morgan fingerprint density at radius 1 is 1.31 bits per heavy atom. The average Bonchev–Trinajstić information content (AvgIpc) is 2.82. The summed E-state index contributed by atoms with van der Waals surface area (Å²) >= 11 is 0. The highest BCUT2D eigenvalue weighted by Crippen LogP contribution is 2.38. The number of hydrogen-bond acceptors (Lipinski definition) is 4. The van der Waals surface area contributed by atoms with Gasteiger partial charge >= 0.3 is 0 Å². The van der Waals surface area contributed by atoms with Crippen LogP contribution in [0.4, 0.5) is 0 Å². The van der Waals surface area contributed by atoms with Gasteiger partial charge < -0.3 is 9.84 Å². The zero-order chi connectivity index (χ0) is 10.3. The van der Waals surface area contributed by atoms with Crippen molar-refractivity contribution in [1.82, 2.24) is 15.5 Å². The highest BCUT2D eigenvalue weighted by atomic mass is 35.5. The van der Waals surface area contributed by atoms with Gasteiger partial charge in [0.25, 0.3) is 0 Å². The molecule has 3 unspecified atom stereocenters. The lowest BCUT2D eigenvalue weighted by Crippen LogP contribution is -2.30. The fourth-order valence-corrected chi connectivity index (χ4v) is 2.97. The Morgan fingerprint density at radius 3 is 2.81 bits per heavy atom. The first-order chi connectivity index (χ1) is 7.33. The molecule has 5 heteroatoms. The number of rotatable bonds is 1. The molecular weight excluding hydrogens is 226 g/mol. The van der Waals surface area contributed by atoms with Crippen molar-refractivity contribution in [2.75, 3.05) is 0 Å². The number of nitrogens with zero attached hydrogens (tertiary/aromatic N) is 2. The minimum atomic E-state index is 0. The van der Waals surface area contributed by atoms with E-state index in [9.17, 15) is 0 Å². The topological polar surface area (TPSA) is 51.0 Å². The molecule has 2 heterocycles. The number of nitrogens with one attached hydrogen (secondary N) is 1. The van der Waals surface area contributed by atoms with E-state index in [4.69, 9.17) is 4.52 Å². The van der Waals surface area contributed by atoms with Crippen molar-refractivity contribution < 1.29 is 4.52 Å². The van der Waals surface area contributed by atoms with E-state index < -0.39 is 0 Å². The van der Waals surface area contributed by atoms with Crippen LogP contribution in [0.2, 0.25) is 0 Å². The molecule has 4 nitrogen and oxygen atoms in total. The number of hydrogen-bond donors (Lipinski definition) is 1. The van der Waals surface area contributed by atoms with Crippen LogP contribution in [-0.2, 0) is 0 Å². The number of halogens is 1. The second kappa shape index (κ2) is 4.72. The third-order valence-electron chi connectivity index (χ3n) is 3.70. The van der Waals surface area contributed by atoms with Gasteiger partial charge in [0, 0.05) is 6.04 Å². The van der Waals surface area contributed by atoms with Gasteiger partial charge in [-0.25, -0.2) is 0 Å². The first-order valence-corrected chi connectivity index (χ1v) is 5.89. The molecular formula is C11H18ClN3O. The molecule has 2 fully saturated rings. The van der Waals surface area contributed by atoms with Gasteiger partial charge in [0.05, 0.1) is 6.04 Å². The maximum Gasteiger partial charge on any atom is 0.243 e. The molecule has 1 aliphatic carbocycles. The Labute approximate surface area is 102 Å². The first-order valence-electron chi connectivity index (χ1n) is 5.89. The zero-order valence-corrected chi connectivity index (χ0v) is 10.3. The predicted octanol–water partition coefficient (Wildman–Crippen LogP) is 2.39. The standard InChI is InChI=1S/C11H17N3O.ClH/c1-7-12-11(15-14-7)10-6-8-4-2-3-5-9(8)13-10;/h8-10,13H,2-6H2,1H3;1H. The van der Waals surface area contributed by atoms with E-state index in [0.717, 1.165) is 17.6 Å². The summed E-state index contributed by atoms with van der Waals surface area (Å²) in [5.74, 6) is 2.35. The van der Waals surface area contributed by atoms with Gasteiger partial charge in [-0.15, -0.1) is 12.4 Å². The SMILES string of the molecule is Cc1noc(C2CC3CCCCC3N2)n1.Cl. The molecule has 1 N–H and O–H groups in total. The minimum absolute atomic E-state index is 0. The minimum Gasteiger partial charge on any atom is -0.338 e. The van der Waals surface area contributed by atoms with Crippen molar-refractivity contribution in [3.05, 3.63) is 11.7 Å². The largest absolute Gasteiger partial charge is 0.338 e. The maximum absolute atomic E-state index is 5.23. The van der Waals surface area contributed by atoms with Crippen LogP contribution in [0.3, 0.4) is 0 Å². The van der Waals surface area contributed by atoms with E-state index in [1.165, 1.54) is 32.1 Å². The first kappa shape index (κ1) is 11.9. The van der Waals surface area contributed by atoms with Gasteiger partial charge in [0.15, 0.2) is 5.82 Å². The Bertz CT molecular complexity index is 341. The fraction of sp³-hybridized carbons (Fsp3) is 0.818. The van der Waals surface area contributed by atoms with Crippen molar-refractivity contribution in [3.8, 4) is 0 Å². The van der Waals surface area contributed by atoms with Gasteiger partial charge in [-0.05, 0) is 32.1 Å². The molecule has 90 valence electrons. The number of fused-ring (bicyclic) bond motifs is 1. The summed E-state index contributed by atoms with van der Waals surface area (Å²) in [5, 5.41) is 7.48. The third-order valence-corrected chi connectivity index (χ3v) is 3.70. The van der Waals surface area contributed by atoms with Crippen LogP contribution in [0.15, 0.2) is 4.52 Å². The highest BCUT2D eigenvalue weighted by molar-refractivity contribution is 5.85. The van der Waals surface area contributed by atoms with Crippen LogP contribution in [-0.4, -0.2) is 16.2 Å². The normalized spacial score (nSPS) is 33.2. The van der Waals surface area contributed by atoms with Crippen LogP contribution >= 0.6 is 12.4 Å². The Morgan fingerprint density at radius 2 is 2.12 bits per heavy atom. The summed E-state index contributed by atoms with van der Waals surface area (Å²) in [4.78, 5) is 4.31. The number of aromatic nitrogens is 2. The van der Waals surface area contributed by atoms with E-state index in [2.05, 4.69) is 15.5 Å². The van der Waals surface area contributed by atoms with Crippen LogP contribution < -0.4 is 5.32 Å². The molecule has 0 radical (unpaired) electrons. The fourth-order valence-electron chi connectivity index (χ4n) is 2.97. The summed E-state index contributed by atoms with van der Waals surface area (Å²) < 4.78 is 5.23. The van der Waals surface area contributed by atoms with Crippen LogP contribution in [0.5, 0.6) is 0 Å². The molecule has 3 atom stereocenters. The Balaban J connectivity index is 0.000000963. The molecule has 1 saturated carbocycles. The molecule has 3 rings (SSSR count). The number of aryl methyl sites for hydroxylation is 1. The molecule has 0 aromatic carbocycles. The molecule has 0 bridgehead atoms. The molecule has 0 spiro atoms. The van der Waals surface area contributed by atoms with Crippen molar-refractivity contribution in [2.24, 2.45) is 5.92 Å². The van der Waals surface area contributed by atoms with Gasteiger partial charge in [0.1, 0.15) is 0 Å². The van der Waals surface area contributed by atoms with Gasteiger partial charge in [-0.3, -0.25) is 0 Å². The Hall–Kier alpha value is -0.610. The quantitative estimate of drug-likeness (QED) is 0.823. The summed E-state index contributed by atoms with van der Waals surface area (Å²) in [6, 6.07) is 0.996. The summed E-state index contributed by atoms with van der Waals surface area (Å²) in [6.07, 6.45) is 6.60. The monoisotopic (exact) mass is 243 g/mol. The third kappa shape index (κ3) is 2.09. The lowest BCUT2D eigenvalue weighted by Gasteiger charge is -2.24. The molecule has 1 aromatic rings. The Kier molecular flexibility index (Phi) is 3.50. The lowest BCUT2D eigenvalue weighted by molar-refractivity contribution is 0.324. The smallest absolute Gasteiger partial charge is 0.243 e. The second-order valence-electron chi connectivity index (χ2n) is 4.79. The van der Waals surface area contributed by atoms with E-state index in [1.807, 2.05) is 6.92 Å². The van der Waals surface area contributed by atoms with Crippen molar-refractivity contribution in [2.45, 2.75) is 51.1 Å². The van der Waals surface area contributed by atoms with E-state index in [-0.39, 0.29) is 12.4 Å². The van der Waals surface area contributed by atoms with Gasteiger partial charge in [-0.1, -0.05) is 18.0 Å². The van der Waals surface area contributed by atoms with E-state index >= 15 is 0 Å².